The summed E-state index contributed by atoms with van der Waals surface area (Å²) < 4.78 is 4.31. The van der Waals surface area contributed by atoms with E-state index in [0.717, 1.165) is 24.3 Å². The fourth-order valence-electron chi connectivity index (χ4n) is 2.42. The predicted molar refractivity (Wildman–Crippen MR) is 73.8 cm³/mol. The molecule has 0 amide bonds. The van der Waals surface area contributed by atoms with Crippen molar-refractivity contribution >= 4 is 16.8 Å². The fraction of sp³-hybridized carbons (Fsp3) is 0.357. The normalized spacial score (nSPS) is 11.7. The molecule has 0 saturated heterocycles. The molecular weight excluding hydrogens is 224 g/mol. The van der Waals surface area contributed by atoms with Crippen molar-refractivity contribution in [3.8, 4) is 0 Å². The second kappa shape index (κ2) is 4.14. The van der Waals surface area contributed by atoms with Crippen LogP contribution in [0.2, 0.25) is 0 Å². The van der Waals surface area contributed by atoms with Gasteiger partial charge in [0.15, 0.2) is 0 Å². The van der Waals surface area contributed by atoms with Gasteiger partial charge in [-0.1, -0.05) is 13.0 Å². The average Bonchev–Trinajstić information content (AvgIpc) is 2.88. The molecule has 0 aliphatic rings. The van der Waals surface area contributed by atoms with Crippen molar-refractivity contribution in [2.75, 3.05) is 7.05 Å². The molecule has 2 aromatic heterocycles. The molecule has 1 aromatic carbocycles. The van der Waals surface area contributed by atoms with Crippen LogP contribution in [-0.2, 0) is 20.0 Å². The zero-order valence-electron chi connectivity index (χ0n) is 11.1. The lowest BCUT2D eigenvalue weighted by Gasteiger charge is -2.00. The summed E-state index contributed by atoms with van der Waals surface area (Å²) in [6, 6.07) is 6.53. The molecule has 0 aliphatic heterocycles. The predicted octanol–water partition coefficient (Wildman–Crippen LogP) is 2.11. The molecule has 0 unspecified atom stereocenters. The number of fused-ring (bicyclic) bond motifs is 3. The summed E-state index contributed by atoms with van der Waals surface area (Å²) in [6.07, 6.45) is 3.21. The topological polar surface area (TPSA) is 34.3 Å². The van der Waals surface area contributed by atoms with Crippen LogP contribution < -0.4 is 5.32 Å². The summed E-state index contributed by atoms with van der Waals surface area (Å²) in [4.78, 5) is 4.72. The Balaban J connectivity index is 2.26. The van der Waals surface area contributed by atoms with Gasteiger partial charge < -0.3 is 9.88 Å². The third-order valence-electron chi connectivity index (χ3n) is 3.51. The van der Waals surface area contributed by atoms with Crippen LogP contribution in [0.15, 0.2) is 24.4 Å². The number of nitrogens with zero attached hydrogens (tertiary/aromatic N) is 3. The lowest BCUT2D eigenvalue weighted by atomic mass is 10.1. The van der Waals surface area contributed by atoms with E-state index in [0.29, 0.717) is 0 Å². The van der Waals surface area contributed by atoms with Gasteiger partial charge in [-0.2, -0.15) is 0 Å². The number of aromatic nitrogens is 3. The van der Waals surface area contributed by atoms with Crippen LogP contribution in [0.4, 0.5) is 0 Å². The molecule has 3 rings (SSSR count). The molecule has 4 nitrogen and oxygen atoms in total. The quantitative estimate of drug-likeness (QED) is 0.763. The Bertz CT molecular complexity index is 705. The first-order chi connectivity index (χ1) is 8.74. The average molecular weight is 242 g/mol. The molecule has 0 atom stereocenters. The Kier molecular flexibility index (Phi) is 2.59. The molecule has 4 heteroatoms. The van der Waals surface area contributed by atoms with Crippen LogP contribution in [0.5, 0.6) is 0 Å². The number of hydrogen-bond acceptors (Lipinski definition) is 2. The Labute approximate surface area is 106 Å². The van der Waals surface area contributed by atoms with E-state index in [1.54, 1.807) is 0 Å². The van der Waals surface area contributed by atoms with E-state index in [9.17, 15) is 0 Å². The molecule has 0 spiro atoms. The first kappa shape index (κ1) is 11.3. The van der Waals surface area contributed by atoms with Gasteiger partial charge in [-0.05, 0) is 31.2 Å². The second-order valence-corrected chi connectivity index (χ2v) is 4.67. The summed E-state index contributed by atoms with van der Waals surface area (Å²) in [7, 11) is 4.02. The standard InChI is InChI=1S/C14H18N4/c1-4-10-5-6-13-12(7-10)16-14-17(3)11(8-15-2)9-18(13)14/h5-7,9,15H,4,8H2,1-3H3. The summed E-state index contributed by atoms with van der Waals surface area (Å²) in [6.45, 7) is 3.02. The van der Waals surface area contributed by atoms with E-state index >= 15 is 0 Å². The minimum absolute atomic E-state index is 0.856. The van der Waals surface area contributed by atoms with Crippen molar-refractivity contribution in [3.05, 3.63) is 35.7 Å². The van der Waals surface area contributed by atoms with Gasteiger partial charge in [0, 0.05) is 19.8 Å². The van der Waals surface area contributed by atoms with E-state index in [1.165, 1.54) is 16.8 Å². The Hall–Kier alpha value is -1.81. The molecule has 1 N–H and O–H groups in total. The van der Waals surface area contributed by atoms with E-state index in [1.807, 2.05) is 7.05 Å². The van der Waals surface area contributed by atoms with Crippen LogP contribution in [0.25, 0.3) is 16.8 Å². The number of aryl methyl sites for hydroxylation is 2. The number of benzene rings is 1. The van der Waals surface area contributed by atoms with Gasteiger partial charge in [0.1, 0.15) is 0 Å². The Morgan fingerprint density at radius 2 is 2.17 bits per heavy atom. The highest BCUT2D eigenvalue weighted by Gasteiger charge is 2.11. The molecule has 94 valence electrons. The summed E-state index contributed by atoms with van der Waals surface area (Å²) >= 11 is 0. The zero-order valence-corrected chi connectivity index (χ0v) is 11.1. The molecular formula is C14H18N4. The number of imidazole rings is 2. The highest BCUT2D eigenvalue weighted by atomic mass is 15.2. The second-order valence-electron chi connectivity index (χ2n) is 4.67. The molecule has 2 heterocycles. The van der Waals surface area contributed by atoms with E-state index < -0.39 is 0 Å². The van der Waals surface area contributed by atoms with Crippen LogP contribution >= 0.6 is 0 Å². The van der Waals surface area contributed by atoms with E-state index in [2.05, 4.69) is 52.7 Å². The lowest BCUT2D eigenvalue weighted by molar-refractivity contribution is 0.742. The van der Waals surface area contributed by atoms with E-state index in [4.69, 9.17) is 4.98 Å². The third kappa shape index (κ3) is 1.53. The van der Waals surface area contributed by atoms with Gasteiger partial charge in [0.2, 0.25) is 5.78 Å². The summed E-state index contributed by atoms with van der Waals surface area (Å²) in [5.74, 6) is 1.00. The van der Waals surface area contributed by atoms with Crippen LogP contribution in [-0.4, -0.2) is 21.0 Å². The monoisotopic (exact) mass is 242 g/mol. The van der Waals surface area contributed by atoms with Gasteiger partial charge in [-0.15, -0.1) is 0 Å². The van der Waals surface area contributed by atoms with Gasteiger partial charge in [0.25, 0.3) is 0 Å². The van der Waals surface area contributed by atoms with Crippen LogP contribution in [0, 0.1) is 0 Å². The van der Waals surface area contributed by atoms with Crippen molar-refractivity contribution in [2.24, 2.45) is 7.05 Å². The summed E-state index contributed by atoms with van der Waals surface area (Å²) in [5.41, 5.74) is 4.83. The van der Waals surface area contributed by atoms with Gasteiger partial charge in [-0.3, -0.25) is 4.40 Å². The SMILES string of the molecule is CCc1ccc2c(c1)nc1n(C)c(CNC)cn21. The fourth-order valence-corrected chi connectivity index (χ4v) is 2.42. The molecule has 18 heavy (non-hydrogen) atoms. The molecule has 0 fully saturated rings. The highest BCUT2D eigenvalue weighted by Crippen LogP contribution is 2.20. The van der Waals surface area contributed by atoms with Crippen molar-refractivity contribution in [3.63, 3.8) is 0 Å². The third-order valence-corrected chi connectivity index (χ3v) is 3.51. The Morgan fingerprint density at radius 3 is 2.89 bits per heavy atom. The maximum absolute atomic E-state index is 4.72. The minimum Gasteiger partial charge on any atom is -0.316 e. The molecule has 3 aromatic rings. The highest BCUT2D eigenvalue weighted by molar-refractivity contribution is 5.80. The maximum Gasteiger partial charge on any atom is 0.214 e. The lowest BCUT2D eigenvalue weighted by Crippen LogP contribution is -2.08. The van der Waals surface area contributed by atoms with E-state index in [-0.39, 0.29) is 0 Å². The zero-order chi connectivity index (χ0) is 12.7. The molecule has 0 saturated carbocycles. The summed E-state index contributed by atoms with van der Waals surface area (Å²) in [5, 5.41) is 3.18. The first-order valence-electron chi connectivity index (χ1n) is 6.34. The Morgan fingerprint density at radius 1 is 1.33 bits per heavy atom. The number of nitrogens with one attached hydrogen (secondary N) is 1. The molecule has 0 bridgehead atoms. The van der Waals surface area contributed by atoms with Crippen molar-refractivity contribution in [1.82, 2.24) is 19.3 Å². The maximum atomic E-state index is 4.72. The smallest absolute Gasteiger partial charge is 0.214 e. The first-order valence-corrected chi connectivity index (χ1v) is 6.34. The molecule has 0 radical (unpaired) electrons. The van der Waals surface area contributed by atoms with Gasteiger partial charge in [0.05, 0.1) is 16.7 Å². The number of rotatable bonds is 3. The number of hydrogen-bond donors (Lipinski definition) is 1. The largest absolute Gasteiger partial charge is 0.316 e. The van der Waals surface area contributed by atoms with Crippen molar-refractivity contribution in [1.29, 1.82) is 0 Å². The molecule has 0 aliphatic carbocycles. The van der Waals surface area contributed by atoms with Crippen LogP contribution in [0.3, 0.4) is 0 Å². The van der Waals surface area contributed by atoms with Crippen molar-refractivity contribution < 1.29 is 0 Å². The van der Waals surface area contributed by atoms with Crippen LogP contribution in [0.1, 0.15) is 18.2 Å². The van der Waals surface area contributed by atoms with Gasteiger partial charge in [-0.25, -0.2) is 4.98 Å². The van der Waals surface area contributed by atoms with Gasteiger partial charge >= 0.3 is 0 Å². The van der Waals surface area contributed by atoms with Crippen molar-refractivity contribution in [2.45, 2.75) is 19.9 Å². The minimum atomic E-state index is 0.856.